The highest BCUT2D eigenvalue weighted by Gasteiger charge is 2.23. The largest absolute Gasteiger partial charge is 0.337 e. The van der Waals surface area contributed by atoms with E-state index in [0.717, 1.165) is 0 Å². The average Bonchev–Trinajstić information content (AvgIpc) is 3.45. The van der Waals surface area contributed by atoms with E-state index in [4.69, 9.17) is 0 Å². The van der Waals surface area contributed by atoms with Gasteiger partial charge in [-0.15, -0.1) is 0 Å². The molecule has 0 atom stereocenters. The second-order valence-corrected chi connectivity index (χ2v) is 10.6. The van der Waals surface area contributed by atoms with Crippen molar-refractivity contribution in [3.8, 4) is 5.69 Å². The summed E-state index contributed by atoms with van der Waals surface area (Å²) in [7, 11) is 0. The molecule has 0 spiro atoms. The summed E-state index contributed by atoms with van der Waals surface area (Å²) in [5, 5.41) is 5.55. The summed E-state index contributed by atoms with van der Waals surface area (Å²) in [6.45, 7) is 0. The van der Waals surface area contributed by atoms with Crippen LogP contribution in [0.1, 0.15) is 63.8 Å². The van der Waals surface area contributed by atoms with E-state index < -0.39 is 0 Å². The Morgan fingerprint density at radius 1 is 0.444 bits per heavy atom. The molecule has 2 heterocycles. The fourth-order valence-corrected chi connectivity index (χ4v) is 6.84. The summed E-state index contributed by atoms with van der Waals surface area (Å²) in [5.74, 6) is 0. The molecule has 1 saturated carbocycles. The molecule has 180 valence electrons. The minimum absolute atomic E-state index is 0.574. The third-order valence-corrected chi connectivity index (χ3v) is 8.46. The van der Waals surface area contributed by atoms with E-state index >= 15 is 0 Å². The predicted molar refractivity (Wildman–Crippen MR) is 154 cm³/mol. The number of hydrogen-bond donors (Lipinski definition) is 0. The summed E-state index contributed by atoms with van der Waals surface area (Å²) in [6.07, 6.45) is 12.2. The van der Waals surface area contributed by atoms with Gasteiger partial charge in [-0.1, -0.05) is 99.5 Å². The molecule has 0 N–H and O–H groups in total. The second kappa shape index (κ2) is 9.17. The van der Waals surface area contributed by atoms with Crippen molar-refractivity contribution in [2.45, 2.75) is 63.8 Å². The van der Waals surface area contributed by atoms with Crippen molar-refractivity contribution >= 4 is 43.6 Å². The Morgan fingerprint density at radius 2 is 0.972 bits per heavy atom. The Bertz CT molecular complexity index is 1660. The predicted octanol–water partition coefficient (Wildman–Crippen LogP) is 9.96. The molecular formula is C34H34N2. The molecule has 0 aliphatic heterocycles. The summed E-state index contributed by atoms with van der Waals surface area (Å²) in [5.41, 5.74) is 6.60. The average molecular weight is 471 g/mol. The van der Waals surface area contributed by atoms with Crippen LogP contribution in [-0.4, -0.2) is 9.13 Å². The lowest BCUT2D eigenvalue weighted by Gasteiger charge is -2.23. The molecule has 4 aromatic carbocycles. The number of aromatic nitrogens is 2. The van der Waals surface area contributed by atoms with Gasteiger partial charge in [0, 0.05) is 38.8 Å². The van der Waals surface area contributed by atoms with Crippen molar-refractivity contribution in [2.24, 2.45) is 0 Å². The summed E-state index contributed by atoms with van der Waals surface area (Å²) >= 11 is 0. The maximum absolute atomic E-state index is 2.72. The van der Waals surface area contributed by atoms with E-state index in [1.165, 1.54) is 107 Å². The van der Waals surface area contributed by atoms with E-state index in [0.29, 0.717) is 6.04 Å². The first-order valence-corrected chi connectivity index (χ1v) is 13.9. The molecule has 6 aromatic rings. The number of hydrogen-bond acceptors (Lipinski definition) is 0. The molecule has 0 unspecified atom stereocenters. The Balaban J connectivity index is 1.55. The van der Waals surface area contributed by atoms with E-state index in [9.17, 15) is 0 Å². The monoisotopic (exact) mass is 470 g/mol. The molecule has 0 radical (unpaired) electrons. The molecule has 1 fully saturated rings. The highest BCUT2D eigenvalue weighted by atomic mass is 15.0. The van der Waals surface area contributed by atoms with Gasteiger partial charge in [0.2, 0.25) is 0 Å². The maximum atomic E-state index is 2.72. The topological polar surface area (TPSA) is 9.86 Å². The molecule has 2 heteroatoms. The quantitative estimate of drug-likeness (QED) is 0.238. The van der Waals surface area contributed by atoms with Gasteiger partial charge in [-0.2, -0.15) is 0 Å². The van der Waals surface area contributed by atoms with Gasteiger partial charge in [0.25, 0.3) is 0 Å². The molecule has 1 aliphatic rings. The van der Waals surface area contributed by atoms with Gasteiger partial charge in [-0.3, -0.25) is 0 Å². The lowest BCUT2D eigenvalue weighted by molar-refractivity contribution is 0.396. The van der Waals surface area contributed by atoms with Crippen LogP contribution in [0.25, 0.3) is 49.3 Å². The van der Waals surface area contributed by atoms with E-state index in [2.05, 4.69) is 100 Å². The highest BCUT2D eigenvalue weighted by Crippen LogP contribution is 2.43. The van der Waals surface area contributed by atoms with E-state index in [-0.39, 0.29) is 0 Å². The van der Waals surface area contributed by atoms with Gasteiger partial charge in [-0.05, 0) is 49.2 Å². The Labute approximate surface area is 213 Å². The zero-order chi connectivity index (χ0) is 23.9. The van der Waals surface area contributed by atoms with Crippen molar-refractivity contribution in [3.63, 3.8) is 0 Å². The first-order valence-electron chi connectivity index (χ1n) is 13.9. The molecule has 7 rings (SSSR count). The molecule has 1 aliphatic carbocycles. The first kappa shape index (κ1) is 21.7. The van der Waals surface area contributed by atoms with E-state index in [1.807, 2.05) is 0 Å². The fraction of sp³-hybridized carbons (Fsp3) is 0.294. The zero-order valence-electron chi connectivity index (χ0n) is 21.0. The molecule has 0 bridgehead atoms. The van der Waals surface area contributed by atoms with Gasteiger partial charge < -0.3 is 9.13 Å². The third-order valence-electron chi connectivity index (χ3n) is 8.46. The molecule has 36 heavy (non-hydrogen) atoms. The molecule has 2 nitrogen and oxygen atoms in total. The summed E-state index contributed by atoms with van der Waals surface area (Å²) in [4.78, 5) is 0. The number of nitrogens with zero attached hydrogens (tertiary/aromatic N) is 2. The number of fused-ring (bicyclic) bond motifs is 7. The lowest BCUT2D eigenvalue weighted by Crippen LogP contribution is -2.10. The summed E-state index contributed by atoms with van der Waals surface area (Å²) < 4.78 is 5.17. The van der Waals surface area contributed by atoms with Crippen LogP contribution < -0.4 is 0 Å². The third kappa shape index (κ3) is 3.46. The Morgan fingerprint density at radius 3 is 1.69 bits per heavy atom. The van der Waals surface area contributed by atoms with Crippen LogP contribution >= 0.6 is 0 Å². The highest BCUT2D eigenvalue weighted by molar-refractivity contribution is 6.28. The fourth-order valence-electron chi connectivity index (χ4n) is 6.84. The smallest absolute Gasteiger partial charge is 0.0548 e. The molecule has 2 aromatic heterocycles. The van der Waals surface area contributed by atoms with Crippen LogP contribution in [0.2, 0.25) is 0 Å². The van der Waals surface area contributed by atoms with Crippen LogP contribution in [0, 0.1) is 0 Å². The van der Waals surface area contributed by atoms with Gasteiger partial charge in [0.1, 0.15) is 0 Å². The maximum Gasteiger partial charge on any atom is 0.0548 e. The first-order chi connectivity index (χ1) is 17.9. The lowest BCUT2D eigenvalue weighted by atomic mass is 9.97. The van der Waals surface area contributed by atoms with Gasteiger partial charge >= 0.3 is 0 Å². The van der Waals surface area contributed by atoms with Crippen LogP contribution in [0.5, 0.6) is 0 Å². The Kier molecular flexibility index (Phi) is 5.54. The van der Waals surface area contributed by atoms with Gasteiger partial charge in [0.05, 0.1) is 16.6 Å². The van der Waals surface area contributed by atoms with Crippen LogP contribution in [0.4, 0.5) is 0 Å². The summed E-state index contributed by atoms with van der Waals surface area (Å²) in [6, 6.07) is 34.3. The molecular weight excluding hydrogens is 436 g/mol. The molecule has 0 amide bonds. The SMILES string of the molecule is c1ccc(-n2c3ccccc3c3c4c5ccccc5n(C5CCCCCCCCC5)c4ccc32)cc1. The van der Waals surface area contributed by atoms with Crippen molar-refractivity contribution < 1.29 is 0 Å². The zero-order valence-corrected chi connectivity index (χ0v) is 21.0. The second-order valence-electron chi connectivity index (χ2n) is 10.6. The number of rotatable bonds is 2. The normalized spacial score (nSPS) is 16.3. The minimum Gasteiger partial charge on any atom is -0.337 e. The van der Waals surface area contributed by atoms with Gasteiger partial charge in [0.15, 0.2) is 0 Å². The van der Waals surface area contributed by atoms with E-state index in [1.54, 1.807) is 0 Å². The van der Waals surface area contributed by atoms with Gasteiger partial charge in [-0.25, -0.2) is 0 Å². The number of benzene rings is 4. The van der Waals surface area contributed by atoms with Crippen LogP contribution in [0.15, 0.2) is 91.0 Å². The van der Waals surface area contributed by atoms with Crippen LogP contribution in [0.3, 0.4) is 0 Å². The van der Waals surface area contributed by atoms with Crippen molar-refractivity contribution in [3.05, 3.63) is 91.0 Å². The van der Waals surface area contributed by atoms with Crippen molar-refractivity contribution in [2.75, 3.05) is 0 Å². The number of para-hydroxylation sites is 3. The van der Waals surface area contributed by atoms with Crippen LogP contribution in [-0.2, 0) is 0 Å². The molecule has 0 saturated heterocycles. The Hall–Kier alpha value is -3.52. The van der Waals surface area contributed by atoms with Crippen molar-refractivity contribution in [1.82, 2.24) is 9.13 Å². The minimum atomic E-state index is 0.574. The standard InChI is InChI=1S/C34H34N2/c1-2-4-7-15-25(16-8-5-3-1)35-29-21-13-11-19-27(29)33-31(35)23-24-32-34(33)28-20-12-14-22-30(28)36(32)26-17-9-6-10-18-26/h6,9-14,17-25H,1-5,7-8,15-16H2. The van der Waals surface area contributed by atoms with Crippen molar-refractivity contribution in [1.29, 1.82) is 0 Å².